The lowest BCUT2D eigenvalue weighted by molar-refractivity contribution is -0.390. The molecule has 1 aromatic heterocycles. The number of hydrogen-bond acceptors (Lipinski definition) is 5. The van der Waals surface area contributed by atoms with E-state index in [-0.39, 0.29) is 18.3 Å². The average molecular weight is 466 g/mol. The third-order valence-corrected chi connectivity index (χ3v) is 8.81. The Balaban J connectivity index is 1.22. The predicted octanol–water partition coefficient (Wildman–Crippen LogP) is 2.98. The van der Waals surface area contributed by atoms with Crippen LogP contribution in [0.3, 0.4) is 0 Å². The van der Waals surface area contributed by atoms with Crippen molar-refractivity contribution < 1.29 is 9.72 Å². The average Bonchev–Trinajstić information content (AvgIpc) is 2.96. The van der Waals surface area contributed by atoms with Crippen molar-refractivity contribution in [2.45, 2.75) is 57.5 Å². The summed E-state index contributed by atoms with van der Waals surface area (Å²) >= 11 is 3.22. The Hall–Kier alpha value is -1.48. The van der Waals surface area contributed by atoms with Gasteiger partial charge in [0.05, 0.1) is 10.8 Å². The third-order valence-electron chi connectivity index (χ3n) is 7.88. The van der Waals surface area contributed by atoms with Gasteiger partial charge in [-0.05, 0) is 84.1 Å². The maximum absolute atomic E-state index is 12.8. The molecule has 2 heterocycles. The monoisotopic (exact) mass is 465 g/mol. The Morgan fingerprint density at radius 3 is 2.17 bits per heavy atom. The molecular weight excluding hydrogens is 438 g/mol. The first kappa shape index (κ1) is 19.5. The molecule has 0 atom stereocenters. The SMILES string of the molecule is Cc1c(Br)c([N+](=O)[O-])nn1CC(=O)N1CCN(C23CC4CC(CC(C4)C2)C3)CC1. The van der Waals surface area contributed by atoms with E-state index in [0.717, 1.165) is 43.9 Å². The zero-order valence-electron chi connectivity index (χ0n) is 16.8. The Morgan fingerprint density at radius 1 is 1.14 bits per heavy atom. The standard InChI is InChI=1S/C20H28BrN5O3/c1-13-18(21)19(26(28)29)22-25(13)12-17(27)23-2-4-24(5-3-23)20-9-14-6-15(10-20)8-16(7-14)11-20/h14-16H,2-12H2,1H3. The van der Waals surface area contributed by atoms with Gasteiger partial charge in [0, 0.05) is 31.7 Å². The molecule has 29 heavy (non-hydrogen) atoms. The zero-order chi connectivity index (χ0) is 20.3. The van der Waals surface area contributed by atoms with Crippen molar-refractivity contribution in [2.75, 3.05) is 26.2 Å². The van der Waals surface area contributed by atoms with Gasteiger partial charge < -0.3 is 15.0 Å². The lowest BCUT2D eigenvalue weighted by atomic mass is 9.52. The lowest BCUT2D eigenvalue weighted by Gasteiger charge is -2.61. The molecule has 6 rings (SSSR count). The molecule has 4 aliphatic carbocycles. The fourth-order valence-electron chi connectivity index (χ4n) is 6.89. The number of rotatable bonds is 4. The van der Waals surface area contributed by atoms with Gasteiger partial charge in [0.2, 0.25) is 5.91 Å². The number of carbonyl (C=O) groups is 1. The van der Waals surface area contributed by atoms with Gasteiger partial charge in [-0.3, -0.25) is 9.69 Å². The van der Waals surface area contributed by atoms with Crippen LogP contribution in [0.2, 0.25) is 0 Å². The molecule has 1 aliphatic heterocycles. The van der Waals surface area contributed by atoms with Crippen molar-refractivity contribution in [3.05, 3.63) is 20.3 Å². The van der Waals surface area contributed by atoms with E-state index in [9.17, 15) is 14.9 Å². The minimum atomic E-state index is -0.525. The van der Waals surface area contributed by atoms with E-state index in [4.69, 9.17) is 0 Å². The first-order valence-corrected chi connectivity index (χ1v) is 11.5. The lowest BCUT2D eigenvalue weighted by Crippen LogP contribution is -2.64. The molecule has 5 fully saturated rings. The summed E-state index contributed by atoms with van der Waals surface area (Å²) in [4.78, 5) is 28.0. The number of halogens is 1. The summed E-state index contributed by atoms with van der Waals surface area (Å²) < 4.78 is 1.79. The van der Waals surface area contributed by atoms with Gasteiger partial charge in [-0.25, -0.2) is 0 Å². The van der Waals surface area contributed by atoms with Crippen LogP contribution in [0.4, 0.5) is 5.82 Å². The molecular formula is C20H28BrN5O3. The second-order valence-corrected chi connectivity index (χ2v) is 10.4. The second-order valence-electron chi connectivity index (χ2n) is 9.65. The predicted molar refractivity (Wildman–Crippen MR) is 110 cm³/mol. The molecule has 8 nitrogen and oxygen atoms in total. The molecule has 4 saturated carbocycles. The van der Waals surface area contributed by atoms with Crippen LogP contribution in [0.25, 0.3) is 0 Å². The van der Waals surface area contributed by atoms with Crippen molar-refractivity contribution in [1.82, 2.24) is 19.6 Å². The summed E-state index contributed by atoms with van der Waals surface area (Å²) in [6, 6.07) is 0. The third kappa shape index (κ3) is 3.30. The Labute approximate surface area is 178 Å². The molecule has 1 saturated heterocycles. The van der Waals surface area contributed by atoms with Gasteiger partial charge in [0.15, 0.2) is 0 Å². The van der Waals surface area contributed by atoms with Crippen LogP contribution in [-0.4, -0.2) is 62.1 Å². The van der Waals surface area contributed by atoms with E-state index >= 15 is 0 Å². The highest BCUT2D eigenvalue weighted by Crippen LogP contribution is 2.57. The van der Waals surface area contributed by atoms with Crippen LogP contribution < -0.4 is 0 Å². The maximum atomic E-state index is 12.8. The van der Waals surface area contributed by atoms with E-state index in [1.54, 1.807) is 6.92 Å². The molecule has 1 amide bonds. The number of carbonyl (C=O) groups excluding carboxylic acids is 1. The van der Waals surface area contributed by atoms with Crippen LogP contribution >= 0.6 is 15.9 Å². The summed E-state index contributed by atoms with van der Waals surface area (Å²) in [6.07, 6.45) is 8.42. The fraction of sp³-hybridized carbons (Fsp3) is 0.800. The van der Waals surface area contributed by atoms with E-state index in [1.165, 1.54) is 43.2 Å². The molecule has 5 aliphatic rings. The van der Waals surface area contributed by atoms with E-state index in [2.05, 4.69) is 25.9 Å². The molecule has 158 valence electrons. The van der Waals surface area contributed by atoms with Crippen LogP contribution in [0.15, 0.2) is 4.47 Å². The van der Waals surface area contributed by atoms with Crippen LogP contribution in [-0.2, 0) is 11.3 Å². The Kier molecular flexibility index (Phi) is 4.73. The van der Waals surface area contributed by atoms with Gasteiger partial charge in [0.1, 0.15) is 11.0 Å². The van der Waals surface area contributed by atoms with E-state index in [0.29, 0.717) is 15.7 Å². The summed E-state index contributed by atoms with van der Waals surface area (Å²) in [6.45, 7) is 5.16. The highest BCUT2D eigenvalue weighted by molar-refractivity contribution is 9.10. The zero-order valence-corrected chi connectivity index (χ0v) is 18.4. The minimum absolute atomic E-state index is 0.0110. The second kappa shape index (κ2) is 7.04. The summed E-state index contributed by atoms with van der Waals surface area (Å²) in [5.74, 6) is 2.54. The molecule has 9 heteroatoms. The van der Waals surface area contributed by atoms with Crippen LogP contribution in [0, 0.1) is 34.8 Å². The largest absolute Gasteiger partial charge is 0.404 e. The number of piperazine rings is 1. The minimum Gasteiger partial charge on any atom is -0.358 e. The van der Waals surface area contributed by atoms with Gasteiger partial charge >= 0.3 is 5.82 Å². The Morgan fingerprint density at radius 2 is 1.69 bits per heavy atom. The van der Waals surface area contributed by atoms with Gasteiger partial charge in [-0.1, -0.05) is 0 Å². The number of nitro groups is 1. The van der Waals surface area contributed by atoms with E-state index in [1.807, 2.05) is 4.90 Å². The van der Waals surface area contributed by atoms with Crippen LogP contribution in [0.1, 0.15) is 44.2 Å². The van der Waals surface area contributed by atoms with Crippen molar-refractivity contribution in [3.8, 4) is 0 Å². The molecule has 4 bridgehead atoms. The highest BCUT2D eigenvalue weighted by atomic mass is 79.9. The molecule has 0 radical (unpaired) electrons. The topological polar surface area (TPSA) is 84.5 Å². The fourth-order valence-corrected chi connectivity index (χ4v) is 7.32. The summed E-state index contributed by atoms with van der Waals surface area (Å²) in [5.41, 5.74) is 1.01. The number of aromatic nitrogens is 2. The maximum Gasteiger partial charge on any atom is 0.404 e. The Bertz CT molecular complexity index is 810. The quantitative estimate of drug-likeness (QED) is 0.503. The first-order chi connectivity index (χ1) is 13.8. The summed E-state index contributed by atoms with van der Waals surface area (Å²) in [7, 11) is 0. The number of amides is 1. The van der Waals surface area contributed by atoms with Gasteiger partial charge in [-0.2, -0.15) is 4.68 Å². The smallest absolute Gasteiger partial charge is 0.358 e. The van der Waals surface area contributed by atoms with Crippen molar-refractivity contribution in [1.29, 1.82) is 0 Å². The molecule has 0 N–H and O–H groups in total. The van der Waals surface area contributed by atoms with Crippen molar-refractivity contribution in [2.24, 2.45) is 17.8 Å². The molecule has 0 spiro atoms. The van der Waals surface area contributed by atoms with Gasteiger partial charge in [0.25, 0.3) is 0 Å². The van der Waals surface area contributed by atoms with E-state index < -0.39 is 4.92 Å². The molecule has 0 unspecified atom stereocenters. The normalized spacial score (nSPS) is 34.0. The van der Waals surface area contributed by atoms with Crippen LogP contribution in [0.5, 0.6) is 0 Å². The molecule has 0 aromatic carbocycles. The number of hydrogen-bond donors (Lipinski definition) is 0. The highest BCUT2D eigenvalue weighted by Gasteiger charge is 2.53. The van der Waals surface area contributed by atoms with Crippen molar-refractivity contribution in [3.63, 3.8) is 0 Å². The van der Waals surface area contributed by atoms with Gasteiger partial charge in [-0.15, -0.1) is 0 Å². The summed E-state index contributed by atoms with van der Waals surface area (Å²) in [5, 5.41) is 15.1. The molecule has 1 aromatic rings. The van der Waals surface area contributed by atoms with Crippen molar-refractivity contribution >= 4 is 27.7 Å². The first-order valence-electron chi connectivity index (χ1n) is 10.7. The number of nitrogens with zero attached hydrogens (tertiary/aromatic N) is 5.